The SMILES string of the molecule is COc1c(-c2ccccc2C)cccc1-c1ccccc1C.COc1c(Cl)cccc1Cl.Cc1[c-]cccc1.Cc1ccc(-c2cccc3ccccc23)cc1-c1cccc2ccccc12.Cc1ccc(-c2ccccc2)cc1-c1ccccc1.Cc1ccc(Cl)cc1Cl.Cc1ccc(Cl)cc1Cl.PP.PP.PP.[3H]PP.[3H]PP.[3H]PP.[3H][Ni]([Br])[Br].[3H][Ni]([Br])[Br].[3H][Ni]([Br])[Br].[Cl-].[Cl-].[Cl-].[Mg+2].[Mg+2].[Mg+2].[c-]1cccc2ccccc12.[c-]1ccccc1. The van der Waals surface area contributed by atoms with Crippen LogP contribution in [0.3, 0.4) is 0 Å². The molecule has 0 aromatic heterocycles. The predicted octanol–water partition coefficient (Wildman–Crippen LogP) is 32.2. The van der Waals surface area contributed by atoms with Crippen LogP contribution in [0.1, 0.15) is 38.9 Å². The molecule has 0 aliphatic heterocycles. The van der Waals surface area contributed by atoms with Crippen molar-refractivity contribution in [1.29, 1.82) is 6.78 Å². The number of methoxy groups -OCH3 is 2. The first kappa shape index (κ1) is 145. The van der Waals surface area contributed by atoms with E-state index in [-0.39, 0.29) is 133 Å². The van der Waals surface area contributed by atoms with Crippen LogP contribution in [0.25, 0.3) is 99.1 Å². The third-order valence-electron chi connectivity index (χ3n) is 19.4. The minimum Gasteiger partial charge on any atom is -1.00 e. The van der Waals surface area contributed by atoms with Crippen LogP contribution >= 0.6 is 262 Å². The zero-order valence-electron chi connectivity index (χ0n) is 87.4. The second-order valence-electron chi connectivity index (χ2n) is 27.9. The number of hydrogen-bond donors (Lipinski definition) is 0. The summed E-state index contributed by atoms with van der Waals surface area (Å²) in [6.07, 6.45) is 0. The topological polar surface area (TPSA) is 18.5 Å². The Labute approximate surface area is 1060 Å². The molecule has 0 spiro atoms. The summed E-state index contributed by atoms with van der Waals surface area (Å²) >= 11 is 51.5. The molecule has 146 heavy (non-hydrogen) atoms. The summed E-state index contributed by atoms with van der Waals surface area (Å²) < 4.78 is 48.7. The molecule has 18 aromatic carbocycles. The first-order valence-corrected chi connectivity index (χ1v) is 73.4. The van der Waals surface area contributed by atoms with Gasteiger partial charge in [0.1, 0.15) is 5.75 Å². The molecule has 0 radical (unpaired) electrons. The normalized spacial score (nSPS) is 9.97. The Morgan fingerprint density at radius 2 is 0.575 bits per heavy atom. The molecule has 0 heterocycles. The van der Waals surface area contributed by atoms with Gasteiger partial charge in [0.2, 0.25) is 0 Å². The zero-order chi connectivity index (χ0) is 109. The van der Waals surface area contributed by atoms with Crippen molar-refractivity contribution in [2.24, 2.45) is 0 Å². The van der Waals surface area contributed by atoms with Crippen LogP contribution in [-0.2, 0) is 32.3 Å². The molecule has 0 aliphatic carbocycles. The van der Waals surface area contributed by atoms with Crippen LogP contribution in [0.2, 0.25) is 30.1 Å². The van der Waals surface area contributed by atoms with E-state index in [2.05, 4.69) is 479 Å². The van der Waals surface area contributed by atoms with Crippen LogP contribution in [0.4, 0.5) is 0 Å². The van der Waals surface area contributed by atoms with Crippen molar-refractivity contribution in [3.63, 3.8) is 0 Å². The van der Waals surface area contributed by atoms with Crippen molar-refractivity contribution in [2.45, 2.75) is 48.5 Å². The maximum absolute atomic E-state index is 6.46. The summed E-state index contributed by atoms with van der Waals surface area (Å²) in [7, 11) is 23.1. The molecule has 0 fully saturated rings. The number of rotatable bonds is 8. The Balaban J connectivity index is -0.000000392. The van der Waals surface area contributed by atoms with Crippen molar-refractivity contribution >= 4 is 363 Å². The largest absolute Gasteiger partial charge is 2.00 e. The maximum Gasteiger partial charge on any atom is 2.00 e. The quantitative estimate of drug-likeness (QED) is 0.0858. The van der Waals surface area contributed by atoms with Gasteiger partial charge in [0.25, 0.3) is 0 Å². The average Bonchev–Trinajstić information content (AvgIpc) is 0.839. The van der Waals surface area contributed by atoms with E-state index >= 15 is 0 Å². The number of hydrogen-bond acceptors (Lipinski definition) is 2. The smallest absolute Gasteiger partial charge is 1.00 e. The molecule has 18 rings (SSSR count). The van der Waals surface area contributed by atoms with Gasteiger partial charge in [0, 0.05) is 31.2 Å². The number of para-hydroxylation sites is 2. The molecule has 0 aliphatic rings. The molecule has 12 unspecified atom stereocenters. The van der Waals surface area contributed by atoms with Gasteiger partial charge in [-0.05, 0) is 201 Å². The summed E-state index contributed by atoms with van der Waals surface area (Å²) in [4.78, 5) is 0. The number of fused-ring (bicyclic) bond motifs is 3. The van der Waals surface area contributed by atoms with Gasteiger partial charge in [0.15, 0.2) is 5.75 Å². The Morgan fingerprint density at radius 1 is 0.260 bits per heavy atom. The molecule has 0 saturated heterocycles. The van der Waals surface area contributed by atoms with Crippen molar-refractivity contribution in [3.05, 3.63) is 488 Å². The molecule has 0 saturated carbocycles. The first-order chi connectivity index (χ1) is 70.3. The number of aryl methyl sites for hydroxylation is 7. The van der Waals surface area contributed by atoms with E-state index in [0.717, 1.165) is 38.0 Å². The first-order valence-electron chi connectivity index (χ1n) is 44.0. The molecule has 2 nitrogen and oxygen atoms in total. The van der Waals surface area contributed by atoms with E-state index in [9.17, 15) is 0 Å². The van der Waals surface area contributed by atoms with Gasteiger partial charge >= 0.3 is 190 Å². The standard InChI is InChI=1S/C27H20.C21H20O.C19H16.C10H7.C7H6Cl2O.2C7H6Cl2.C7H7.C6H5.6BrH.3ClH.3Mg.3Ni.6H4P2.3H/c1-19-16-17-22(25-14-6-10-20-8-2-4-12-23(20)25)18-27(19)26-15-7-11-21-9-3-5-13-24(21)26;1-15-9-4-6-11-17(15)19-13-8-14-20(21(19)22-3)18-12-7-5-10-16(18)2;1-15-12-13-18(16-8-4-2-5-9-16)14-19(15)17-10-6-3-7-11-17;1-2-6-10-8-4-3-7-9(10)5-1;1-10-7-5(8)3-2-4-6(7)9;2*1-5-2-3-6(8)4-7(5)9;1-7-5-3-2-4-6-7;1-2-4-6-5-3-1;;;;;;;;;;;;;;;;6*1-2;;;/h2-18H,1H3;4-14H,1-3H3;2-14H,1H3;1-7H;2-4H,1H3;2*2-4H,1H3;2-5H,1H3;1-5H;9*1H;;;;;;;6*1-2H2;;;/q;;;-1;;;;2*-1;;;;;;;;;;6*+2;;;;;;;;;/p-9/i;;;;;;;;;;;;;;;;;;;;;;;;3*1T;;;;3*1+2. The van der Waals surface area contributed by atoms with Crippen molar-refractivity contribution in [3.8, 4) is 78.3 Å². The summed E-state index contributed by atoms with van der Waals surface area (Å²) in [5.41, 5.74) is 23.4. The maximum atomic E-state index is 6.46. The van der Waals surface area contributed by atoms with Crippen LogP contribution < -0.4 is 46.7 Å². The number of ether oxygens (including phenoxy) is 2. The van der Waals surface area contributed by atoms with Crippen LogP contribution in [-0.4, -0.2) is 90.2 Å². The molecular weight excluding hydrogens is 2780 g/mol. The number of benzene rings is 18. The fraction of sp³-hybridized carbons (Fsp3) is 0.0811. The van der Waals surface area contributed by atoms with Gasteiger partial charge in [-0.2, -0.15) is 72.3 Å². The summed E-state index contributed by atoms with van der Waals surface area (Å²) in [6, 6.07) is 145. The Hall–Kier alpha value is 0.769. The third-order valence-corrected chi connectivity index (χ3v) is 21.3. The Bertz CT molecular complexity index is 6350. The Morgan fingerprint density at radius 3 is 0.966 bits per heavy atom. The van der Waals surface area contributed by atoms with Gasteiger partial charge < -0.3 is 46.7 Å². The summed E-state index contributed by atoms with van der Waals surface area (Å²) in [6.45, 7) is 14.5. The van der Waals surface area contributed by atoms with Gasteiger partial charge in [-0.3, -0.25) is 0 Å². The average molecular weight is 2920 g/mol. The second kappa shape index (κ2) is 101. The predicted molar refractivity (Wildman–Crippen MR) is 707 cm³/mol. The van der Waals surface area contributed by atoms with E-state index in [0.29, 0.717) is 25.8 Å². The fourth-order valence-electron chi connectivity index (χ4n) is 13.0. The molecule has 0 amide bonds. The monoisotopic (exact) mass is 2900 g/mol. The van der Waals surface area contributed by atoms with Crippen LogP contribution in [0.5, 0.6) is 11.5 Å². The van der Waals surface area contributed by atoms with E-state index in [1.165, 1.54) is 123 Å². The molecular formula is C111H120Br6Cl9Mg3Ni3O2P12. The third kappa shape index (κ3) is 61.4. The summed E-state index contributed by atoms with van der Waals surface area (Å²) in [5, 5.41) is 11.5. The van der Waals surface area contributed by atoms with E-state index in [1.54, 1.807) is 37.4 Å². The minimum absolute atomic E-state index is 0. The van der Waals surface area contributed by atoms with Crippen molar-refractivity contribution in [1.82, 2.24) is 0 Å². The van der Waals surface area contributed by atoms with Gasteiger partial charge in [0.05, 0.1) is 28.1 Å². The van der Waals surface area contributed by atoms with Crippen LogP contribution in [0, 0.1) is 66.7 Å². The summed E-state index contributed by atoms with van der Waals surface area (Å²) in [5.74, 6) is 1.47. The molecule has 18 aromatic rings. The van der Waals surface area contributed by atoms with Gasteiger partial charge in [-0.25, -0.2) is 0 Å². The van der Waals surface area contributed by atoms with Gasteiger partial charge in [-0.1, -0.05) is 343 Å². The minimum atomic E-state index is -0.583. The molecule has 35 heteroatoms. The van der Waals surface area contributed by atoms with E-state index < -0.39 is 32.3 Å². The Kier molecular flexibility index (Phi) is 100. The van der Waals surface area contributed by atoms with E-state index in [4.69, 9.17) is 85.9 Å². The molecule has 12 atom stereocenters. The van der Waals surface area contributed by atoms with E-state index in [1.807, 2.05) is 124 Å². The zero-order valence-corrected chi connectivity index (χ0v) is 118. The molecule has 0 N–H and O–H groups in total. The van der Waals surface area contributed by atoms with Gasteiger partial charge in [-0.15, -0.1) is 154 Å². The molecule has 777 valence electrons. The fourth-order valence-corrected chi connectivity index (χ4v) is 14.4. The van der Waals surface area contributed by atoms with Crippen LogP contribution in [0.15, 0.2) is 400 Å². The molecule has 0 bridgehead atoms. The van der Waals surface area contributed by atoms with Crippen molar-refractivity contribution < 1.29 is 79.0 Å². The van der Waals surface area contributed by atoms with Crippen molar-refractivity contribution in [2.75, 3.05) is 14.2 Å². The second-order valence-corrected chi connectivity index (χ2v) is 45.4. The number of halogens is 15.